The highest BCUT2D eigenvalue weighted by atomic mass is 16.7. The number of esters is 4. The maximum Gasteiger partial charge on any atom is 0.348 e. The largest absolute Gasteiger partial charge is 0.422 e. The minimum absolute atomic E-state index is 0.0202. The minimum atomic E-state index is -1.27. The maximum atomic E-state index is 12.9. The fraction of sp³-hybridized carbons (Fsp3) is 0.739. The van der Waals surface area contributed by atoms with Crippen LogP contribution in [0.2, 0.25) is 0 Å². The summed E-state index contributed by atoms with van der Waals surface area (Å²) in [7, 11) is 0. The second kappa shape index (κ2) is 4.99. The first-order valence-electron chi connectivity index (χ1n) is 11.2. The summed E-state index contributed by atoms with van der Waals surface area (Å²) in [5.41, 5.74) is 0.937. The third-order valence-electron chi connectivity index (χ3n) is 9.19. The Morgan fingerprint density at radius 3 is 1.81 bits per heavy atom. The van der Waals surface area contributed by atoms with Crippen LogP contribution < -0.4 is 0 Å². The van der Waals surface area contributed by atoms with Crippen LogP contribution >= 0.6 is 0 Å². The summed E-state index contributed by atoms with van der Waals surface area (Å²) in [6, 6.07) is 0. The summed E-state index contributed by atoms with van der Waals surface area (Å²) < 4.78 is 21.7. The zero-order chi connectivity index (χ0) is 21.8. The van der Waals surface area contributed by atoms with E-state index in [1.54, 1.807) is 27.7 Å². The number of rotatable bonds is 1. The lowest BCUT2D eigenvalue weighted by atomic mass is 9.54. The second-order valence-electron chi connectivity index (χ2n) is 11.2. The Bertz CT molecular complexity index is 994. The highest BCUT2D eigenvalue weighted by Crippen LogP contribution is 2.87. The number of carbonyl (C=O) groups excluding carboxylic acids is 4. The van der Waals surface area contributed by atoms with Crippen molar-refractivity contribution in [3.05, 3.63) is 11.1 Å². The average Bonchev–Trinajstić information content (AvgIpc) is 3.11. The van der Waals surface area contributed by atoms with Gasteiger partial charge in [-0.15, -0.1) is 0 Å². The van der Waals surface area contributed by atoms with Crippen LogP contribution in [0.5, 0.6) is 0 Å². The van der Waals surface area contributed by atoms with E-state index in [0.29, 0.717) is 23.7 Å². The molecule has 8 heteroatoms. The molecule has 164 valence electrons. The normalized spacial score (nSPS) is 49.7. The van der Waals surface area contributed by atoms with Crippen LogP contribution in [0.1, 0.15) is 34.1 Å². The number of cyclic esters (lactones) is 4. The Kier molecular flexibility index (Phi) is 2.93. The van der Waals surface area contributed by atoms with Crippen molar-refractivity contribution >= 4 is 23.9 Å². The highest BCUT2D eigenvalue weighted by Gasteiger charge is 2.84. The number of fused-ring (bicyclic) bond motifs is 2. The van der Waals surface area contributed by atoms with E-state index in [0.717, 1.165) is 12.0 Å². The Morgan fingerprint density at radius 1 is 0.645 bits per heavy atom. The highest BCUT2D eigenvalue weighted by molar-refractivity contribution is 6.16. The van der Waals surface area contributed by atoms with Crippen molar-refractivity contribution in [1.29, 1.82) is 0 Å². The summed E-state index contributed by atoms with van der Waals surface area (Å²) in [4.78, 5) is 51.4. The fourth-order valence-corrected chi connectivity index (χ4v) is 9.01. The van der Waals surface area contributed by atoms with Gasteiger partial charge in [0.2, 0.25) is 0 Å². The molecule has 0 spiro atoms. The van der Waals surface area contributed by atoms with Gasteiger partial charge in [0.25, 0.3) is 11.6 Å². The van der Waals surface area contributed by atoms with Gasteiger partial charge in [-0.2, -0.15) is 0 Å². The van der Waals surface area contributed by atoms with Gasteiger partial charge in [0.05, 0.1) is 0 Å². The van der Waals surface area contributed by atoms with Crippen molar-refractivity contribution in [3.63, 3.8) is 0 Å². The molecule has 0 aromatic rings. The van der Waals surface area contributed by atoms with Crippen LogP contribution in [0, 0.1) is 59.2 Å². The Labute approximate surface area is 178 Å². The Morgan fingerprint density at radius 2 is 1.19 bits per heavy atom. The molecule has 0 unspecified atom stereocenters. The van der Waals surface area contributed by atoms with Gasteiger partial charge in [-0.3, -0.25) is 9.59 Å². The summed E-state index contributed by atoms with van der Waals surface area (Å²) >= 11 is 0. The summed E-state index contributed by atoms with van der Waals surface area (Å²) in [6.45, 7) is 6.21. The second-order valence-corrected chi connectivity index (χ2v) is 11.2. The van der Waals surface area contributed by atoms with E-state index in [1.807, 2.05) is 0 Å². The molecule has 0 N–H and O–H groups in total. The minimum Gasteiger partial charge on any atom is -0.422 e. The van der Waals surface area contributed by atoms with E-state index >= 15 is 0 Å². The van der Waals surface area contributed by atoms with Gasteiger partial charge in [-0.1, -0.05) is 0 Å². The molecule has 0 aromatic carbocycles. The zero-order valence-electron chi connectivity index (χ0n) is 17.7. The first kappa shape index (κ1) is 18.2. The lowest BCUT2D eigenvalue weighted by Crippen LogP contribution is -2.55. The van der Waals surface area contributed by atoms with Gasteiger partial charge in [0.1, 0.15) is 5.57 Å². The van der Waals surface area contributed by atoms with Gasteiger partial charge in [-0.05, 0) is 65.3 Å². The van der Waals surface area contributed by atoms with Crippen molar-refractivity contribution in [2.45, 2.75) is 45.7 Å². The molecule has 7 aliphatic rings. The zero-order valence-corrected chi connectivity index (χ0v) is 17.7. The van der Waals surface area contributed by atoms with E-state index in [-0.39, 0.29) is 35.2 Å². The number of ether oxygens (including phenoxy) is 4. The number of allylic oxidation sites excluding steroid dienone is 1. The molecular formula is C23H24O8. The molecular weight excluding hydrogens is 404 g/mol. The van der Waals surface area contributed by atoms with Crippen molar-refractivity contribution in [2.24, 2.45) is 59.2 Å². The molecule has 2 bridgehead atoms. The van der Waals surface area contributed by atoms with Crippen molar-refractivity contribution in [3.8, 4) is 0 Å². The van der Waals surface area contributed by atoms with E-state index in [9.17, 15) is 19.2 Å². The van der Waals surface area contributed by atoms with Gasteiger partial charge in [0.15, 0.2) is 5.92 Å². The molecule has 9 atom stereocenters. The van der Waals surface area contributed by atoms with Crippen LogP contribution in [-0.2, 0) is 38.1 Å². The molecule has 8 nitrogen and oxygen atoms in total. The monoisotopic (exact) mass is 428 g/mol. The molecule has 7 fully saturated rings. The van der Waals surface area contributed by atoms with Crippen LogP contribution in [0.3, 0.4) is 0 Å². The standard InChI is InChI=1S/C23H24O8/c1-22(2)28-18(24)16(19(25)29-22)14-10-6-5-7-9-8(6)12(14)13(9)15(11(7)10)17-20(26)30-23(3,4)31-21(17)27/h6-14,16H,5H2,1-4H3/t6-,7+,8+,9-,10+,11-,12+,13+,14+/m1/s1. The van der Waals surface area contributed by atoms with E-state index in [4.69, 9.17) is 18.9 Å². The van der Waals surface area contributed by atoms with Gasteiger partial charge >= 0.3 is 23.9 Å². The summed E-state index contributed by atoms with van der Waals surface area (Å²) in [5, 5.41) is 0. The summed E-state index contributed by atoms with van der Waals surface area (Å²) in [5.74, 6) is -3.92. The molecule has 0 amide bonds. The van der Waals surface area contributed by atoms with E-state index < -0.39 is 41.4 Å². The van der Waals surface area contributed by atoms with E-state index in [1.165, 1.54) is 0 Å². The van der Waals surface area contributed by atoms with Crippen molar-refractivity contribution < 1.29 is 38.1 Å². The lowest BCUT2D eigenvalue weighted by molar-refractivity contribution is -0.246. The predicted molar refractivity (Wildman–Crippen MR) is 99.1 cm³/mol. The Balaban J connectivity index is 1.31. The van der Waals surface area contributed by atoms with Crippen molar-refractivity contribution in [2.75, 3.05) is 0 Å². The molecule has 31 heavy (non-hydrogen) atoms. The van der Waals surface area contributed by atoms with Crippen LogP contribution in [0.25, 0.3) is 0 Å². The topological polar surface area (TPSA) is 105 Å². The smallest absolute Gasteiger partial charge is 0.348 e. The molecule has 2 aliphatic heterocycles. The number of hydrogen-bond donors (Lipinski definition) is 0. The molecule has 5 saturated carbocycles. The number of hydrogen-bond acceptors (Lipinski definition) is 8. The Hall–Kier alpha value is -2.38. The molecule has 0 radical (unpaired) electrons. The SMILES string of the molecule is CC1(C)OC(=O)C(=C2[C@@H]3[C@H]4C[C@@H]5[C@H]6[C@@H]4[C@H]2[C@H]6[C@@H](C2C(=O)OC(C)(C)OC2=O)[C@@H]53)C(=O)O1. The molecule has 2 saturated heterocycles. The van der Waals surface area contributed by atoms with Crippen LogP contribution in [0.4, 0.5) is 0 Å². The van der Waals surface area contributed by atoms with Gasteiger partial charge < -0.3 is 18.9 Å². The van der Waals surface area contributed by atoms with Crippen molar-refractivity contribution in [1.82, 2.24) is 0 Å². The first-order chi connectivity index (χ1) is 14.5. The van der Waals surface area contributed by atoms with Gasteiger partial charge in [0, 0.05) is 27.7 Å². The van der Waals surface area contributed by atoms with Crippen LogP contribution in [-0.4, -0.2) is 35.5 Å². The quantitative estimate of drug-likeness (QED) is 0.268. The fourth-order valence-electron chi connectivity index (χ4n) is 9.01. The lowest BCUT2D eigenvalue weighted by Gasteiger charge is -2.51. The van der Waals surface area contributed by atoms with E-state index in [2.05, 4.69) is 0 Å². The maximum absolute atomic E-state index is 12.9. The third kappa shape index (κ3) is 1.90. The van der Waals surface area contributed by atoms with Gasteiger partial charge in [-0.25, -0.2) is 9.59 Å². The average molecular weight is 428 g/mol. The summed E-state index contributed by atoms with van der Waals surface area (Å²) in [6.07, 6.45) is 1.03. The molecule has 0 aromatic heterocycles. The van der Waals surface area contributed by atoms with Crippen LogP contribution in [0.15, 0.2) is 11.1 Å². The first-order valence-corrected chi connectivity index (χ1v) is 11.2. The predicted octanol–water partition coefficient (Wildman–Crippen LogP) is 1.58. The number of carbonyl (C=O) groups is 4. The molecule has 2 heterocycles. The molecule has 5 aliphatic carbocycles. The third-order valence-corrected chi connectivity index (χ3v) is 9.19. The molecule has 7 rings (SSSR count).